The quantitative estimate of drug-likeness (QED) is 0.728. The normalized spacial score (nSPS) is 12.8. The molecule has 1 atom stereocenters. The van der Waals surface area contributed by atoms with Gasteiger partial charge in [0.05, 0.1) is 11.7 Å². The standard InChI is InChI=1S/C17H20N4/c1-13(2)17-18-10-12-20(17)14(3)15-7-4-5-8-16(15)21-11-6-9-19-21/h4-14H,1-3H3. The first-order chi connectivity index (χ1) is 10.2. The maximum Gasteiger partial charge on any atom is 0.111 e. The summed E-state index contributed by atoms with van der Waals surface area (Å²) in [5.74, 6) is 1.51. The van der Waals surface area contributed by atoms with Crippen LogP contribution in [0.15, 0.2) is 55.1 Å². The highest BCUT2D eigenvalue weighted by Gasteiger charge is 2.17. The van der Waals surface area contributed by atoms with Crippen molar-refractivity contribution in [2.45, 2.75) is 32.7 Å². The van der Waals surface area contributed by atoms with Crippen LogP contribution in [0.5, 0.6) is 0 Å². The van der Waals surface area contributed by atoms with Crippen LogP contribution in [0.25, 0.3) is 5.69 Å². The van der Waals surface area contributed by atoms with Crippen molar-refractivity contribution in [1.29, 1.82) is 0 Å². The molecule has 0 N–H and O–H groups in total. The largest absolute Gasteiger partial charge is 0.327 e. The van der Waals surface area contributed by atoms with Crippen molar-refractivity contribution in [3.8, 4) is 5.69 Å². The molecule has 0 aliphatic carbocycles. The Morgan fingerprint density at radius 1 is 0.952 bits per heavy atom. The van der Waals surface area contributed by atoms with E-state index in [-0.39, 0.29) is 6.04 Å². The molecule has 108 valence electrons. The molecule has 1 unspecified atom stereocenters. The molecule has 0 saturated carbocycles. The minimum Gasteiger partial charge on any atom is -0.327 e. The third kappa shape index (κ3) is 2.49. The molecule has 0 bridgehead atoms. The van der Waals surface area contributed by atoms with Crippen molar-refractivity contribution < 1.29 is 0 Å². The Balaban J connectivity index is 2.06. The summed E-state index contributed by atoms with van der Waals surface area (Å²) in [6.07, 6.45) is 7.71. The second-order valence-electron chi connectivity index (χ2n) is 5.53. The number of aromatic nitrogens is 4. The Labute approximate surface area is 125 Å². The first kappa shape index (κ1) is 13.6. The maximum absolute atomic E-state index is 4.50. The van der Waals surface area contributed by atoms with Crippen molar-refractivity contribution in [2.75, 3.05) is 0 Å². The van der Waals surface area contributed by atoms with Crippen molar-refractivity contribution in [1.82, 2.24) is 19.3 Å². The predicted octanol–water partition coefficient (Wildman–Crippen LogP) is 3.80. The predicted molar refractivity (Wildman–Crippen MR) is 83.7 cm³/mol. The van der Waals surface area contributed by atoms with E-state index in [1.165, 1.54) is 5.56 Å². The lowest BCUT2D eigenvalue weighted by Gasteiger charge is -2.21. The van der Waals surface area contributed by atoms with Crippen LogP contribution in [0.3, 0.4) is 0 Å². The molecule has 3 rings (SSSR count). The van der Waals surface area contributed by atoms with Crippen molar-refractivity contribution in [3.63, 3.8) is 0 Å². The maximum atomic E-state index is 4.50. The van der Waals surface area contributed by atoms with Crippen molar-refractivity contribution in [2.24, 2.45) is 0 Å². The van der Waals surface area contributed by atoms with Crippen molar-refractivity contribution >= 4 is 0 Å². The van der Waals surface area contributed by atoms with E-state index in [4.69, 9.17) is 0 Å². The zero-order valence-electron chi connectivity index (χ0n) is 12.6. The van der Waals surface area contributed by atoms with Crippen LogP contribution < -0.4 is 0 Å². The van der Waals surface area contributed by atoms with Crippen LogP contribution >= 0.6 is 0 Å². The molecule has 3 aromatic rings. The summed E-state index contributed by atoms with van der Waals surface area (Å²) in [5, 5.41) is 4.36. The zero-order valence-corrected chi connectivity index (χ0v) is 12.6. The van der Waals surface area contributed by atoms with E-state index in [1.807, 2.05) is 29.2 Å². The second-order valence-corrected chi connectivity index (χ2v) is 5.53. The number of hydrogen-bond donors (Lipinski definition) is 0. The SMILES string of the molecule is CC(C)c1nccn1C(C)c1ccccc1-n1cccn1. The van der Waals surface area contributed by atoms with Gasteiger partial charge in [0.15, 0.2) is 0 Å². The van der Waals surface area contributed by atoms with Gasteiger partial charge in [-0.3, -0.25) is 0 Å². The monoisotopic (exact) mass is 280 g/mol. The third-order valence-electron chi connectivity index (χ3n) is 3.77. The van der Waals surface area contributed by atoms with Gasteiger partial charge >= 0.3 is 0 Å². The number of para-hydroxylation sites is 1. The molecule has 0 amide bonds. The molecule has 0 saturated heterocycles. The third-order valence-corrected chi connectivity index (χ3v) is 3.77. The van der Waals surface area contributed by atoms with Gasteiger partial charge in [-0.05, 0) is 19.1 Å². The Morgan fingerprint density at radius 2 is 1.76 bits per heavy atom. The summed E-state index contributed by atoms with van der Waals surface area (Å²) >= 11 is 0. The van der Waals surface area contributed by atoms with Gasteiger partial charge in [0.1, 0.15) is 5.82 Å². The minimum atomic E-state index is 0.213. The molecule has 1 aromatic carbocycles. The van der Waals surface area contributed by atoms with E-state index in [9.17, 15) is 0 Å². The van der Waals surface area contributed by atoms with Crippen LogP contribution in [-0.4, -0.2) is 19.3 Å². The van der Waals surface area contributed by atoms with E-state index < -0.39 is 0 Å². The average molecular weight is 280 g/mol. The fourth-order valence-corrected chi connectivity index (χ4v) is 2.71. The summed E-state index contributed by atoms with van der Waals surface area (Å²) in [4.78, 5) is 4.50. The molecule has 2 aromatic heterocycles. The van der Waals surface area contributed by atoms with E-state index in [1.54, 1.807) is 6.20 Å². The summed E-state index contributed by atoms with van der Waals surface area (Å²) in [6.45, 7) is 6.55. The molecule has 0 spiro atoms. The lowest BCUT2D eigenvalue weighted by Crippen LogP contribution is -2.13. The van der Waals surface area contributed by atoms with Gasteiger partial charge in [-0.25, -0.2) is 9.67 Å². The number of rotatable bonds is 4. The van der Waals surface area contributed by atoms with Crippen LogP contribution in [0.2, 0.25) is 0 Å². The van der Waals surface area contributed by atoms with Crippen LogP contribution in [0.1, 0.15) is 44.1 Å². The smallest absolute Gasteiger partial charge is 0.111 e. The molecule has 21 heavy (non-hydrogen) atoms. The highest BCUT2D eigenvalue weighted by Crippen LogP contribution is 2.27. The summed E-state index contributed by atoms with van der Waals surface area (Å²) in [6, 6.07) is 10.5. The van der Waals surface area contributed by atoms with E-state index in [2.05, 4.69) is 59.8 Å². The number of imidazole rings is 1. The van der Waals surface area contributed by atoms with Gasteiger partial charge in [-0.15, -0.1) is 0 Å². The van der Waals surface area contributed by atoms with Gasteiger partial charge in [0.25, 0.3) is 0 Å². The number of benzene rings is 1. The summed E-state index contributed by atoms with van der Waals surface area (Å²) in [5.41, 5.74) is 2.35. The Kier molecular flexibility index (Phi) is 3.60. The molecular formula is C17H20N4. The second kappa shape index (κ2) is 5.56. The van der Waals surface area contributed by atoms with Gasteiger partial charge in [0, 0.05) is 36.3 Å². The Hall–Kier alpha value is -2.36. The highest BCUT2D eigenvalue weighted by molar-refractivity contribution is 5.42. The molecule has 2 heterocycles. The van der Waals surface area contributed by atoms with Crippen molar-refractivity contribution in [3.05, 3.63) is 66.5 Å². The molecule has 0 aliphatic rings. The number of hydrogen-bond acceptors (Lipinski definition) is 2. The van der Waals surface area contributed by atoms with E-state index in [0.717, 1.165) is 11.5 Å². The highest BCUT2D eigenvalue weighted by atomic mass is 15.3. The molecule has 4 nitrogen and oxygen atoms in total. The lowest BCUT2D eigenvalue weighted by molar-refractivity contribution is 0.574. The van der Waals surface area contributed by atoms with Crippen LogP contribution in [0, 0.1) is 0 Å². The summed E-state index contributed by atoms with van der Waals surface area (Å²) in [7, 11) is 0. The van der Waals surface area contributed by atoms with Crippen LogP contribution in [-0.2, 0) is 0 Å². The molecule has 0 fully saturated rings. The molecular weight excluding hydrogens is 260 g/mol. The first-order valence-electron chi connectivity index (χ1n) is 7.30. The van der Waals surface area contributed by atoms with Gasteiger partial charge < -0.3 is 4.57 Å². The van der Waals surface area contributed by atoms with Gasteiger partial charge in [-0.2, -0.15) is 5.10 Å². The molecule has 0 radical (unpaired) electrons. The first-order valence-corrected chi connectivity index (χ1v) is 7.30. The van der Waals surface area contributed by atoms with Gasteiger partial charge in [-0.1, -0.05) is 32.0 Å². The number of nitrogens with zero attached hydrogens (tertiary/aromatic N) is 4. The Morgan fingerprint density at radius 3 is 2.48 bits per heavy atom. The molecule has 4 heteroatoms. The van der Waals surface area contributed by atoms with E-state index >= 15 is 0 Å². The van der Waals surface area contributed by atoms with E-state index in [0.29, 0.717) is 5.92 Å². The fraction of sp³-hybridized carbons (Fsp3) is 0.294. The average Bonchev–Trinajstić information content (AvgIpc) is 3.17. The molecule has 0 aliphatic heterocycles. The topological polar surface area (TPSA) is 35.6 Å². The summed E-state index contributed by atoms with van der Waals surface area (Å²) < 4.78 is 4.16. The van der Waals surface area contributed by atoms with Gasteiger partial charge in [0.2, 0.25) is 0 Å². The Bertz CT molecular complexity index is 710. The fourth-order valence-electron chi connectivity index (χ4n) is 2.71. The zero-order chi connectivity index (χ0) is 14.8. The lowest BCUT2D eigenvalue weighted by atomic mass is 10.0. The minimum absolute atomic E-state index is 0.213. The van der Waals surface area contributed by atoms with Crippen LogP contribution in [0.4, 0.5) is 0 Å².